The van der Waals surface area contributed by atoms with Crippen LogP contribution in [-0.4, -0.2) is 29.0 Å². The van der Waals surface area contributed by atoms with E-state index in [4.69, 9.17) is 0 Å². The lowest BCUT2D eigenvalue weighted by atomic mass is 9.89. The van der Waals surface area contributed by atoms with Crippen LogP contribution in [-0.2, 0) is 0 Å². The second-order valence-electron chi connectivity index (χ2n) is 6.84. The Bertz CT molecular complexity index is 1100. The highest BCUT2D eigenvalue weighted by atomic mass is 19.1. The second-order valence-corrected chi connectivity index (χ2v) is 6.84. The highest BCUT2D eigenvalue weighted by Gasteiger charge is 2.33. The van der Waals surface area contributed by atoms with E-state index in [1.54, 1.807) is 30.3 Å². The number of hydrogen-bond acceptors (Lipinski definition) is 3. The molecule has 0 aliphatic carbocycles. The van der Waals surface area contributed by atoms with Crippen LogP contribution in [0.2, 0.25) is 0 Å². The summed E-state index contributed by atoms with van der Waals surface area (Å²) in [6.45, 7) is 2.38. The molecule has 2 amide bonds. The van der Waals surface area contributed by atoms with Crippen LogP contribution >= 0.6 is 0 Å². The number of imide groups is 1. The van der Waals surface area contributed by atoms with Crippen molar-refractivity contribution in [2.24, 2.45) is 0 Å². The molecule has 5 heteroatoms. The van der Waals surface area contributed by atoms with Gasteiger partial charge in [0.25, 0.3) is 11.8 Å². The van der Waals surface area contributed by atoms with Crippen LogP contribution in [0.5, 0.6) is 0 Å². The molecule has 1 aliphatic heterocycles. The summed E-state index contributed by atoms with van der Waals surface area (Å²) in [6, 6.07) is 13.7. The number of benzene rings is 3. The average Bonchev–Trinajstić information content (AvgIpc) is 2.71. The fourth-order valence-electron chi connectivity index (χ4n) is 3.62. The van der Waals surface area contributed by atoms with Crippen LogP contribution in [0.4, 0.5) is 4.39 Å². The van der Waals surface area contributed by atoms with E-state index in [-0.39, 0.29) is 17.6 Å². The molecule has 0 radical (unpaired) electrons. The first-order valence-electron chi connectivity index (χ1n) is 9.25. The summed E-state index contributed by atoms with van der Waals surface area (Å²) in [6.07, 6.45) is 1.61. The third-order valence-electron chi connectivity index (χ3n) is 5.08. The third-order valence-corrected chi connectivity index (χ3v) is 5.08. The van der Waals surface area contributed by atoms with E-state index in [1.807, 2.05) is 6.92 Å². The van der Waals surface area contributed by atoms with Crippen molar-refractivity contribution < 1.29 is 18.8 Å². The quantitative estimate of drug-likeness (QED) is 0.483. The first-order valence-corrected chi connectivity index (χ1v) is 9.25. The number of hydrogen-bond donors (Lipinski definition) is 0. The number of rotatable bonds is 5. The molecule has 0 N–H and O–H groups in total. The van der Waals surface area contributed by atoms with Crippen molar-refractivity contribution in [2.75, 3.05) is 6.54 Å². The molecule has 3 aromatic rings. The van der Waals surface area contributed by atoms with Crippen molar-refractivity contribution in [3.05, 3.63) is 82.7 Å². The minimum Gasteiger partial charge on any atom is -0.289 e. The fourth-order valence-corrected chi connectivity index (χ4v) is 3.62. The maximum absolute atomic E-state index is 13.2. The van der Waals surface area contributed by atoms with E-state index in [1.165, 1.54) is 29.2 Å². The molecule has 1 aliphatic rings. The molecule has 0 fully saturated rings. The maximum Gasteiger partial charge on any atom is 0.261 e. The number of halogens is 1. The van der Waals surface area contributed by atoms with Gasteiger partial charge in [-0.1, -0.05) is 25.5 Å². The van der Waals surface area contributed by atoms with E-state index >= 15 is 0 Å². The second kappa shape index (κ2) is 7.00. The largest absolute Gasteiger partial charge is 0.289 e. The summed E-state index contributed by atoms with van der Waals surface area (Å²) in [4.78, 5) is 40.0. The molecule has 4 nitrogen and oxygen atoms in total. The van der Waals surface area contributed by atoms with Crippen molar-refractivity contribution in [1.82, 2.24) is 4.90 Å². The monoisotopic (exact) mass is 375 g/mol. The minimum absolute atomic E-state index is 0.281. The molecule has 0 unspecified atom stereocenters. The predicted octanol–water partition coefficient (Wildman–Crippen LogP) is 4.61. The van der Waals surface area contributed by atoms with Crippen LogP contribution in [0, 0.1) is 5.82 Å². The Morgan fingerprint density at radius 3 is 2.29 bits per heavy atom. The number of carbonyl (C=O) groups excluding carboxylic acids is 3. The molecule has 28 heavy (non-hydrogen) atoms. The Morgan fingerprint density at radius 2 is 1.61 bits per heavy atom. The molecule has 140 valence electrons. The van der Waals surface area contributed by atoms with Crippen molar-refractivity contribution in [3.8, 4) is 0 Å². The Labute approximate surface area is 161 Å². The van der Waals surface area contributed by atoms with Gasteiger partial charge >= 0.3 is 0 Å². The molecule has 3 aromatic carbocycles. The average molecular weight is 375 g/mol. The Morgan fingerprint density at radius 1 is 0.929 bits per heavy atom. The van der Waals surface area contributed by atoms with Gasteiger partial charge in [-0.3, -0.25) is 19.3 Å². The fraction of sp³-hybridized carbons (Fsp3) is 0.174. The van der Waals surface area contributed by atoms with Gasteiger partial charge in [-0.25, -0.2) is 4.39 Å². The normalized spacial score (nSPS) is 13.3. The summed E-state index contributed by atoms with van der Waals surface area (Å²) in [5.74, 6) is -1.36. The van der Waals surface area contributed by atoms with Crippen molar-refractivity contribution in [2.45, 2.75) is 19.8 Å². The van der Waals surface area contributed by atoms with Gasteiger partial charge in [-0.05, 0) is 54.3 Å². The summed E-state index contributed by atoms with van der Waals surface area (Å²) >= 11 is 0. The zero-order chi connectivity index (χ0) is 19.8. The minimum atomic E-state index is -0.420. The number of unbranched alkanes of at least 4 members (excludes halogenated alkanes) is 1. The lowest BCUT2D eigenvalue weighted by molar-refractivity contribution is 0.0608. The van der Waals surface area contributed by atoms with Gasteiger partial charge in [0, 0.05) is 34.2 Å². The SMILES string of the molecule is CCCCN1C(=O)c2cccc3c(C(=O)c4ccc(F)cc4)ccc(c23)C1=O. The summed E-state index contributed by atoms with van der Waals surface area (Å²) in [5, 5.41) is 1.07. The molecule has 0 bridgehead atoms. The van der Waals surface area contributed by atoms with Crippen molar-refractivity contribution >= 4 is 28.4 Å². The number of ketones is 1. The zero-order valence-corrected chi connectivity index (χ0v) is 15.4. The van der Waals surface area contributed by atoms with E-state index in [0.717, 1.165) is 12.8 Å². The maximum atomic E-state index is 13.2. The molecule has 0 saturated carbocycles. The summed E-state index contributed by atoms with van der Waals surface area (Å²) < 4.78 is 13.2. The molecular formula is C23H18FNO3. The van der Waals surface area contributed by atoms with E-state index in [0.29, 0.717) is 39.6 Å². The van der Waals surface area contributed by atoms with Gasteiger partial charge in [0.05, 0.1) is 0 Å². The highest BCUT2D eigenvalue weighted by molar-refractivity contribution is 6.28. The standard InChI is InChI=1S/C23H18FNO3/c1-2-3-13-25-22(27)18-6-4-5-16-17(11-12-19(20(16)18)23(25)28)21(26)14-7-9-15(24)10-8-14/h4-12H,2-3,13H2,1H3. The topological polar surface area (TPSA) is 54.5 Å². The molecule has 1 heterocycles. The van der Waals surface area contributed by atoms with Crippen molar-refractivity contribution in [1.29, 1.82) is 0 Å². The van der Waals surface area contributed by atoms with Gasteiger partial charge in [0.2, 0.25) is 0 Å². The lowest BCUT2D eigenvalue weighted by Gasteiger charge is -2.27. The molecule has 0 spiro atoms. The number of amides is 2. The highest BCUT2D eigenvalue weighted by Crippen LogP contribution is 2.33. The van der Waals surface area contributed by atoms with Crippen LogP contribution in [0.25, 0.3) is 10.8 Å². The van der Waals surface area contributed by atoms with Crippen LogP contribution < -0.4 is 0 Å². The van der Waals surface area contributed by atoms with Gasteiger partial charge < -0.3 is 0 Å². The summed E-state index contributed by atoms with van der Waals surface area (Å²) in [5.41, 5.74) is 1.59. The Kier molecular flexibility index (Phi) is 4.51. The molecule has 0 aromatic heterocycles. The number of nitrogens with zero attached hydrogens (tertiary/aromatic N) is 1. The predicted molar refractivity (Wildman–Crippen MR) is 104 cm³/mol. The third kappa shape index (κ3) is 2.80. The molecule has 0 atom stereocenters. The van der Waals surface area contributed by atoms with Crippen LogP contribution in [0.1, 0.15) is 56.4 Å². The van der Waals surface area contributed by atoms with Crippen molar-refractivity contribution in [3.63, 3.8) is 0 Å². The molecule has 0 saturated heterocycles. The Balaban J connectivity index is 1.87. The van der Waals surface area contributed by atoms with Gasteiger partial charge in [-0.2, -0.15) is 0 Å². The summed E-state index contributed by atoms with van der Waals surface area (Å²) in [7, 11) is 0. The van der Waals surface area contributed by atoms with Gasteiger partial charge in [0.1, 0.15) is 5.82 Å². The van der Waals surface area contributed by atoms with Crippen LogP contribution in [0.3, 0.4) is 0 Å². The van der Waals surface area contributed by atoms with Crippen LogP contribution in [0.15, 0.2) is 54.6 Å². The molecule has 4 rings (SSSR count). The lowest BCUT2D eigenvalue weighted by Crippen LogP contribution is -2.40. The Hall–Kier alpha value is -3.34. The van der Waals surface area contributed by atoms with E-state index in [2.05, 4.69) is 0 Å². The first kappa shape index (κ1) is 18.0. The zero-order valence-electron chi connectivity index (χ0n) is 15.4. The first-order chi connectivity index (χ1) is 13.5. The molecular weight excluding hydrogens is 357 g/mol. The van der Waals surface area contributed by atoms with Gasteiger partial charge in [0.15, 0.2) is 5.78 Å². The van der Waals surface area contributed by atoms with E-state index in [9.17, 15) is 18.8 Å². The van der Waals surface area contributed by atoms with E-state index < -0.39 is 5.82 Å². The smallest absolute Gasteiger partial charge is 0.261 e. The number of carbonyl (C=O) groups is 3. The van der Waals surface area contributed by atoms with Gasteiger partial charge in [-0.15, -0.1) is 0 Å².